The lowest BCUT2D eigenvalue weighted by molar-refractivity contribution is 0.184. The van der Waals surface area contributed by atoms with E-state index in [0.717, 1.165) is 18.3 Å². The third-order valence-electron chi connectivity index (χ3n) is 4.43. The van der Waals surface area contributed by atoms with Crippen molar-refractivity contribution in [3.63, 3.8) is 0 Å². The SMILES string of the molecule is CN(Cc1cccc(-c2ccncn2)c1)C1CCCCC1. The lowest BCUT2D eigenvalue weighted by Gasteiger charge is -2.31. The lowest BCUT2D eigenvalue weighted by Crippen LogP contribution is -2.32. The summed E-state index contributed by atoms with van der Waals surface area (Å²) in [4.78, 5) is 10.8. The molecule has 0 amide bonds. The second-order valence-electron chi connectivity index (χ2n) is 6.00. The molecule has 1 heterocycles. The standard InChI is InChI=1S/C18H23N3/c1-21(17-8-3-2-4-9-17)13-15-6-5-7-16(12-15)18-10-11-19-14-20-18/h5-7,10-12,14,17H,2-4,8-9,13H2,1H3. The second kappa shape index (κ2) is 6.81. The molecule has 3 nitrogen and oxygen atoms in total. The summed E-state index contributed by atoms with van der Waals surface area (Å²) in [7, 11) is 2.26. The van der Waals surface area contributed by atoms with Gasteiger partial charge in [0.05, 0.1) is 5.69 Å². The van der Waals surface area contributed by atoms with Crippen molar-refractivity contribution in [2.75, 3.05) is 7.05 Å². The Morgan fingerprint density at radius 3 is 2.76 bits per heavy atom. The van der Waals surface area contributed by atoms with Crippen molar-refractivity contribution in [3.8, 4) is 11.3 Å². The predicted octanol–water partition coefficient (Wildman–Crippen LogP) is 3.91. The molecule has 2 aromatic rings. The van der Waals surface area contributed by atoms with E-state index in [1.807, 2.05) is 6.07 Å². The van der Waals surface area contributed by atoms with Gasteiger partial charge >= 0.3 is 0 Å². The van der Waals surface area contributed by atoms with Crippen LogP contribution >= 0.6 is 0 Å². The maximum absolute atomic E-state index is 4.33. The fraction of sp³-hybridized carbons (Fsp3) is 0.444. The van der Waals surface area contributed by atoms with Crippen molar-refractivity contribution in [3.05, 3.63) is 48.4 Å². The summed E-state index contributed by atoms with van der Waals surface area (Å²) in [6, 6.07) is 11.4. The van der Waals surface area contributed by atoms with Crippen molar-refractivity contribution in [2.45, 2.75) is 44.7 Å². The minimum atomic E-state index is 0.751. The Morgan fingerprint density at radius 2 is 2.00 bits per heavy atom. The zero-order chi connectivity index (χ0) is 14.5. The van der Waals surface area contributed by atoms with Crippen LogP contribution in [0.1, 0.15) is 37.7 Å². The molecule has 1 aromatic carbocycles. The van der Waals surface area contributed by atoms with E-state index in [0.29, 0.717) is 0 Å². The molecule has 110 valence electrons. The average molecular weight is 281 g/mol. The summed E-state index contributed by atoms with van der Waals surface area (Å²) in [5.74, 6) is 0. The van der Waals surface area contributed by atoms with Gasteiger partial charge in [0.15, 0.2) is 0 Å². The molecule has 1 aliphatic carbocycles. The molecule has 21 heavy (non-hydrogen) atoms. The minimum absolute atomic E-state index is 0.751. The molecule has 1 aliphatic rings. The highest BCUT2D eigenvalue weighted by Gasteiger charge is 2.17. The van der Waals surface area contributed by atoms with E-state index in [4.69, 9.17) is 0 Å². The van der Waals surface area contributed by atoms with Crippen LogP contribution in [-0.2, 0) is 6.54 Å². The summed E-state index contributed by atoms with van der Waals surface area (Å²) >= 11 is 0. The third kappa shape index (κ3) is 3.67. The van der Waals surface area contributed by atoms with Crippen LogP contribution in [0.2, 0.25) is 0 Å². The van der Waals surface area contributed by atoms with Gasteiger partial charge in [-0.15, -0.1) is 0 Å². The molecule has 0 atom stereocenters. The maximum atomic E-state index is 4.33. The molecule has 0 radical (unpaired) electrons. The predicted molar refractivity (Wildman–Crippen MR) is 85.8 cm³/mol. The highest BCUT2D eigenvalue weighted by molar-refractivity contribution is 5.59. The Hall–Kier alpha value is -1.74. The Balaban J connectivity index is 1.71. The Morgan fingerprint density at radius 1 is 1.14 bits per heavy atom. The molecule has 3 heteroatoms. The van der Waals surface area contributed by atoms with Gasteiger partial charge < -0.3 is 0 Å². The van der Waals surface area contributed by atoms with Crippen LogP contribution in [0.25, 0.3) is 11.3 Å². The van der Waals surface area contributed by atoms with Gasteiger partial charge in [0, 0.05) is 24.3 Å². The van der Waals surface area contributed by atoms with Crippen molar-refractivity contribution in [1.82, 2.24) is 14.9 Å². The number of nitrogens with zero attached hydrogens (tertiary/aromatic N) is 3. The van der Waals surface area contributed by atoms with E-state index < -0.39 is 0 Å². The van der Waals surface area contributed by atoms with Gasteiger partial charge in [0.1, 0.15) is 6.33 Å². The summed E-state index contributed by atoms with van der Waals surface area (Å²) in [5, 5.41) is 0. The molecule has 0 saturated heterocycles. The van der Waals surface area contributed by atoms with Crippen LogP contribution in [0, 0.1) is 0 Å². The summed E-state index contributed by atoms with van der Waals surface area (Å²) < 4.78 is 0. The van der Waals surface area contributed by atoms with Crippen molar-refractivity contribution < 1.29 is 0 Å². The third-order valence-corrected chi connectivity index (χ3v) is 4.43. The largest absolute Gasteiger partial charge is 0.299 e. The first kappa shape index (κ1) is 14.2. The van der Waals surface area contributed by atoms with Gasteiger partial charge in [-0.05, 0) is 37.6 Å². The molecule has 0 bridgehead atoms. The molecular weight excluding hydrogens is 258 g/mol. The van der Waals surface area contributed by atoms with Crippen LogP contribution < -0.4 is 0 Å². The molecule has 1 saturated carbocycles. The summed E-state index contributed by atoms with van der Waals surface area (Å²) in [5.41, 5.74) is 3.53. The number of aromatic nitrogens is 2. The van der Waals surface area contributed by atoms with Gasteiger partial charge in [0.25, 0.3) is 0 Å². The van der Waals surface area contributed by atoms with Crippen LogP contribution in [0.15, 0.2) is 42.9 Å². The quantitative estimate of drug-likeness (QED) is 0.851. The van der Waals surface area contributed by atoms with Crippen molar-refractivity contribution >= 4 is 0 Å². The Kier molecular flexibility index (Phi) is 4.61. The molecule has 0 aliphatic heterocycles. The first-order chi connectivity index (χ1) is 10.3. The van der Waals surface area contributed by atoms with Gasteiger partial charge in [-0.3, -0.25) is 4.90 Å². The lowest BCUT2D eigenvalue weighted by atomic mass is 9.94. The smallest absolute Gasteiger partial charge is 0.116 e. The number of hydrogen-bond acceptors (Lipinski definition) is 3. The van der Waals surface area contributed by atoms with E-state index >= 15 is 0 Å². The molecule has 1 fully saturated rings. The fourth-order valence-corrected chi connectivity index (χ4v) is 3.23. The Bertz CT molecular complexity index is 562. The van der Waals surface area contributed by atoms with Crippen LogP contribution in [0.5, 0.6) is 0 Å². The van der Waals surface area contributed by atoms with E-state index in [1.54, 1.807) is 12.5 Å². The normalized spacial score (nSPS) is 16.3. The van der Waals surface area contributed by atoms with Gasteiger partial charge in [-0.2, -0.15) is 0 Å². The molecule has 3 rings (SSSR count). The van der Waals surface area contributed by atoms with Gasteiger partial charge in [-0.25, -0.2) is 9.97 Å². The summed E-state index contributed by atoms with van der Waals surface area (Å²) in [6.45, 7) is 1.02. The topological polar surface area (TPSA) is 29.0 Å². The van der Waals surface area contributed by atoms with E-state index in [9.17, 15) is 0 Å². The van der Waals surface area contributed by atoms with Crippen molar-refractivity contribution in [2.24, 2.45) is 0 Å². The molecular formula is C18H23N3. The number of rotatable bonds is 4. The minimum Gasteiger partial charge on any atom is -0.299 e. The second-order valence-corrected chi connectivity index (χ2v) is 6.00. The average Bonchev–Trinajstić information content (AvgIpc) is 2.57. The molecule has 0 unspecified atom stereocenters. The zero-order valence-electron chi connectivity index (χ0n) is 12.7. The molecule has 0 N–H and O–H groups in total. The first-order valence-corrected chi connectivity index (χ1v) is 7.88. The van der Waals surface area contributed by atoms with Crippen molar-refractivity contribution in [1.29, 1.82) is 0 Å². The van der Waals surface area contributed by atoms with Crippen LogP contribution in [-0.4, -0.2) is 28.0 Å². The van der Waals surface area contributed by atoms with E-state index in [2.05, 4.69) is 46.2 Å². The number of hydrogen-bond donors (Lipinski definition) is 0. The maximum Gasteiger partial charge on any atom is 0.116 e. The highest BCUT2D eigenvalue weighted by atomic mass is 15.1. The van der Waals surface area contributed by atoms with Gasteiger partial charge in [0.2, 0.25) is 0 Å². The Labute approximate surface area is 127 Å². The van der Waals surface area contributed by atoms with E-state index in [1.165, 1.54) is 43.2 Å². The van der Waals surface area contributed by atoms with Crippen LogP contribution in [0.3, 0.4) is 0 Å². The molecule has 1 aromatic heterocycles. The van der Waals surface area contributed by atoms with E-state index in [-0.39, 0.29) is 0 Å². The first-order valence-electron chi connectivity index (χ1n) is 7.88. The number of benzene rings is 1. The fourth-order valence-electron chi connectivity index (χ4n) is 3.23. The highest BCUT2D eigenvalue weighted by Crippen LogP contribution is 2.24. The summed E-state index contributed by atoms with van der Waals surface area (Å²) in [6.07, 6.45) is 10.3. The monoisotopic (exact) mass is 281 g/mol. The molecule has 0 spiro atoms. The zero-order valence-corrected chi connectivity index (χ0v) is 12.7. The van der Waals surface area contributed by atoms with Gasteiger partial charge in [-0.1, -0.05) is 37.5 Å². The van der Waals surface area contributed by atoms with Crippen LogP contribution in [0.4, 0.5) is 0 Å².